The van der Waals surface area contributed by atoms with Gasteiger partial charge in [0.15, 0.2) is 6.61 Å². The van der Waals surface area contributed by atoms with Gasteiger partial charge in [0.2, 0.25) is 0 Å². The minimum Gasteiger partial charge on any atom is -0.452 e. The molecule has 2 rings (SSSR count). The number of benzene rings is 2. The van der Waals surface area contributed by atoms with Gasteiger partial charge in [0.1, 0.15) is 0 Å². The molecule has 2 aromatic carbocycles. The smallest absolute Gasteiger partial charge is 0.418 e. The molecular formula is C16H8Cl4F3NO3. The quantitative estimate of drug-likeness (QED) is 0.442. The van der Waals surface area contributed by atoms with E-state index in [2.05, 4.69) is 0 Å². The Hall–Kier alpha value is -1.67. The summed E-state index contributed by atoms with van der Waals surface area (Å²) in [6.07, 6.45) is -4.74. The molecule has 144 valence electrons. The lowest BCUT2D eigenvalue weighted by Gasteiger charge is -2.14. The van der Waals surface area contributed by atoms with Crippen LogP contribution >= 0.6 is 46.4 Å². The number of carbonyl (C=O) groups is 2. The van der Waals surface area contributed by atoms with Gasteiger partial charge in [-0.2, -0.15) is 13.2 Å². The molecule has 0 unspecified atom stereocenters. The van der Waals surface area contributed by atoms with E-state index in [1.54, 1.807) is 0 Å². The molecule has 0 fully saturated rings. The van der Waals surface area contributed by atoms with Crippen molar-refractivity contribution in [2.24, 2.45) is 0 Å². The van der Waals surface area contributed by atoms with E-state index in [-0.39, 0.29) is 25.7 Å². The summed E-state index contributed by atoms with van der Waals surface area (Å²) in [5.74, 6) is -2.07. The molecule has 0 aliphatic carbocycles. The van der Waals surface area contributed by atoms with E-state index in [1.165, 1.54) is 18.2 Å². The maximum Gasteiger partial charge on any atom is 0.418 e. The molecule has 0 saturated heterocycles. The van der Waals surface area contributed by atoms with Gasteiger partial charge in [-0.05, 0) is 30.3 Å². The first kappa shape index (κ1) is 21.6. The zero-order valence-corrected chi connectivity index (χ0v) is 16.0. The van der Waals surface area contributed by atoms with E-state index >= 15 is 0 Å². The highest BCUT2D eigenvalue weighted by Crippen LogP contribution is 2.36. The van der Waals surface area contributed by atoms with Crippen molar-refractivity contribution in [2.75, 3.05) is 11.9 Å². The van der Waals surface area contributed by atoms with Crippen molar-refractivity contribution in [3.05, 3.63) is 61.5 Å². The zero-order valence-electron chi connectivity index (χ0n) is 13.0. The van der Waals surface area contributed by atoms with Gasteiger partial charge < -0.3 is 10.1 Å². The molecule has 0 atom stereocenters. The second kappa shape index (κ2) is 8.56. The molecular weight excluding hydrogens is 453 g/mol. The van der Waals surface area contributed by atoms with Crippen LogP contribution in [0.25, 0.3) is 0 Å². The van der Waals surface area contributed by atoms with Crippen LogP contribution in [0.5, 0.6) is 0 Å². The average molecular weight is 461 g/mol. The van der Waals surface area contributed by atoms with E-state index in [0.29, 0.717) is 6.07 Å². The summed E-state index contributed by atoms with van der Waals surface area (Å²) < 4.78 is 43.8. The minimum absolute atomic E-state index is 0.0356. The summed E-state index contributed by atoms with van der Waals surface area (Å²) in [4.78, 5) is 23.9. The Balaban J connectivity index is 2.10. The van der Waals surface area contributed by atoms with E-state index in [1.807, 2.05) is 5.32 Å². The third-order valence-electron chi connectivity index (χ3n) is 3.14. The normalized spacial score (nSPS) is 11.2. The van der Waals surface area contributed by atoms with Crippen molar-refractivity contribution in [2.45, 2.75) is 6.18 Å². The SMILES string of the molecule is O=C(COC(=O)c1c(Cl)ccc(Cl)c1Cl)Nc1ccc(Cl)cc1C(F)(F)F. The van der Waals surface area contributed by atoms with E-state index in [0.717, 1.165) is 6.07 Å². The average Bonchev–Trinajstić information content (AvgIpc) is 2.57. The predicted molar refractivity (Wildman–Crippen MR) is 96.8 cm³/mol. The lowest BCUT2D eigenvalue weighted by Crippen LogP contribution is -2.23. The number of hydrogen-bond acceptors (Lipinski definition) is 3. The summed E-state index contributed by atoms with van der Waals surface area (Å²) >= 11 is 23.0. The van der Waals surface area contributed by atoms with Crippen LogP contribution in [0, 0.1) is 0 Å². The number of carbonyl (C=O) groups excluding carboxylic acids is 2. The molecule has 2 aromatic rings. The van der Waals surface area contributed by atoms with Crippen LogP contribution < -0.4 is 5.32 Å². The Labute approximate surface area is 171 Å². The number of amides is 1. The number of hydrogen-bond donors (Lipinski definition) is 1. The van der Waals surface area contributed by atoms with Crippen molar-refractivity contribution in [3.63, 3.8) is 0 Å². The number of nitrogens with one attached hydrogen (secondary N) is 1. The van der Waals surface area contributed by atoms with Gasteiger partial charge in [-0.25, -0.2) is 4.79 Å². The molecule has 0 aliphatic heterocycles. The zero-order chi connectivity index (χ0) is 20.4. The standard InChI is InChI=1S/C16H8Cl4F3NO3/c17-7-1-4-11(8(5-7)16(21,22)23)24-12(25)6-27-15(26)13-9(18)2-3-10(19)14(13)20/h1-5H,6H2,(H,24,25). The highest BCUT2D eigenvalue weighted by Gasteiger charge is 2.34. The van der Waals surface area contributed by atoms with Crippen LogP contribution in [-0.2, 0) is 15.7 Å². The number of anilines is 1. The van der Waals surface area contributed by atoms with Gasteiger partial charge in [-0.1, -0.05) is 46.4 Å². The third-order valence-corrected chi connectivity index (χ3v) is 4.50. The number of rotatable bonds is 4. The molecule has 0 aromatic heterocycles. The predicted octanol–water partition coefficient (Wildman–Crippen LogP) is 6.11. The van der Waals surface area contributed by atoms with Crippen LogP contribution in [0.1, 0.15) is 15.9 Å². The van der Waals surface area contributed by atoms with E-state index in [4.69, 9.17) is 51.1 Å². The fourth-order valence-corrected chi connectivity index (χ4v) is 2.82. The summed E-state index contributed by atoms with van der Waals surface area (Å²) in [5, 5.41) is 1.65. The molecule has 0 bridgehead atoms. The van der Waals surface area contributed by atoms with Crippen molar-refractivity contribution >= 4 is 64.0 Å². The summed E-state index contributed by atoms with van der Waals surface area (Å²) in [7, 11) is 0. The van der Waals surface area contributed by atoms with Crippen LogP contribution in [0.15, 0.2) is 30.3 Å². The van der Waals surface area contributed by atoms with Gasteiger partial charge in [0.05, 0.1) is 31.9 Å². The number of ether oxygens (including phenoxy) is 1. The Bertz CT molecular complexity index is 903. The second-order valence-corrected chi connectivity index (χ2v) is 6.66. The Morgan fingerprint density at radius 1 is 1.00 bits per heavy atom. The van der Waals surface area contributed by atoms with E-state index < -0.39 is 35.9 Å². The molecule has 0 saturated carbocycles. The summed E-state index contributed by atoms with van der Waals surface area (Å²) in [6, 6.07) is 5.47. The molecule has 0 heterocycles. The van der Waals surface area contributed by atoms with Crippen LogP contribution in [0.3, 0.4) is 0 Å². The largest absolute Gasteiger partial charge is 0.452 e. The maximum absolute atomic E-state index is 13.0. The first-order valence-electron chi connectivity index (χ1n) is 6.98. The topological polar surface area (TPSA) is 55.4 Å². The van der Waals surface area contributed by atoms with Gasteiger partial charge in [-0.15, -0.1) is 0 Å². The van der Waals surface area contributed by atoms with Gasteiger partial charge in [0.25, 0.3) is 5.91 Å². The molecule has 1 amide bonds. The minimum atomic E-state index is -4.74. The highest BCUT2D eigenvalue weighted by molar-refractivity contribution is 6.46. The maximum atomic E-state index is 13.0. The number of alkyl halides is 3. The number of esters is 1. The summed E-state index contributed by atoms with van der Waals surface area (Å²) in [6.45, 7) is -0.877. The van der Waals surface area contributed by atoms with Crippen molar-refractivity contribution in [1.82, 2.24) is 0 Å². The van der Waals surface area contributed by atoms with Crippen molar-refractivity contribution < 1.29 is 27.5 Å². The Morgan fingerprint density at radius 3 is 2.26 bits per heavy atom. The first-order valence-corrected chi connectivity index (χ1v) is 8.49. The van der Waals surface area contributed by atoms with Gasteiger partial charge in [-0.3, -0.25) is 4.79 Å². The number of halogens is 7. The second-order valence-electron chi connectivity index (χ2n) is 5.03. The lowest BCUT2D eigenvalue weighted by atomic mass is 10.1. The third kappa shape index (κ3) is 5.42. The van der Waals surface area contributed by atoms with Crippen molar-refractivity contribution in [3.8, 4) is 0 Å². The Kier molecular flexibility index (Phi) is 6.86. The van der Waals surface area contributed by atoms with Gasteiger partial charge >= 0.3 is 12.1 Å². The first-order chi connectivity index (χ1) is 12.5. The fraction of sp³-hybridized carbons (Fsp3) is 0.125. The lowest BCUT2D eigenvalue weighted by molar-refractivity contribution is -0.137. The highest BCUT2D eigenvalue weighted by atomic mass is 35.5. The molecule has 0 spiro atoms. The van der Waals surface area contributed by atoms with Crippen LogP contribution in [0.2, 0.25) is 20.1 Å². The summed E-state index contributed by atoms with van der Waals surface area (Å²) in [5.41, 5.74) is -1.94. The molecule has 4 nitrogen and oxygen atoms in total. The fourth-order valence-electron chi connectivity index (χ4n) is 1.96. The molecule has 11 heteroatoms. The Morgan fingerprint density at radius 2 is 1.63 bits per heavy atom. The van der Waals surface area contributed by atoms with Gasteiger partial charge in [0, 0.05) is 5.02 Å². The monoisotopic (exact) mass is 459 g/mol. The van der Waals surface area contributed by atoms with Crippen molar-refractivity contribution in [1.29, 1.82) is 0 Å². The van der Waals surface area contributed by atoms with Crippen LogP contribution in [0.4, 0.5) is 18.9 Å². The molecule has 0 radical (unpaired) electrons. The van der Waals surface area contributed by atoms with E-state index in [9.17, 15) is 22.8 Å². The molecule has 1 N–H and O–H groups in total. The van der Waals surface area contributed by atoms with Crippen LogP contribution in [-0.4, -0.2) is 18.5 Å². The molecule has 0 aliphatic rings. The molecule has 27 heavy (non-hydrogen) atoms.